The largest absolute Gasteiger partial charge is 0.485 e. The fourth-order valence-corrected chi connectivity index (χ4v) is 2.94. The van der Waals surface area contributed by atoms with E-state index < -0.39 is 17.7 Å². The van der Waals surface area contributed by atoms with Crippen molar-refractivity contribution >= 4 is 5.78 Å². The van der Waals surface area contributed by atoms with Crippen LogP contribution >= 0.6 is 0 Å². The molecular weight excluding hydrogens is 280 g/mol. The van der Waals surface area contributed by atoms with E-state index in [1.54, 1.807) is 24.3 Å². The van der Waals surface area contributed by atoms with E-state index >= 15 is 0 Å². The van der Waals surface area contributed by atoms with Gasteiger partial charge in [0.2, 0.25) is 0 Å². The Labute approximate surface area is 129 Å². The molecule has 1 heterocycles. The highest BCUT2D eigenvalue weighted by Gasteiger charge is 2.43. The summed E-state index contributed by atoms with van der Waals surface area (Å²) in [7, 11) is 0. The molecule has 0 bridgehead atoms. The van der Waals surface area contributed by atoms with Crippen molar-refractivity contribution in [3.63, 3.8) is 0 Å². The summed E-state index contributed by atoms with van der Waals surface area (Å²) in [6.45, 7) is 3.64. The zero-order valence-corrected chi connectivity index (χ0v) is 12.6. The van der Waals surface area contributed by atoms with E-state index in [2.05, 4.69) is 11.4 Å². The van der Waals surface area contributed by atoms with Gasteiger partial charge in [0.05, 0.1) is 17.7 Å². The Balaban J connectivity index is 2.01. The molecule has 0 radical (unpaired) electrons. The lowest BCUT2D eigenvalue weighted by molar-refractivity contribution is -0.114. The highest BCUT2D eigenvalue weighted by Crippen LogP contribution is 2.41. The summed E-state index contributed by atoms with van der Waals surface area (Å²) in [6, 6.07) is 6.86. The number of fused-ring (bicyclic) bond motifs is 1. The lowest BCUT2D eigenvalue weighted by Gasteiger charge is -2.42. The van der Waals surface area contributed by atoms with Crippen LogP contribution in [-0.4, -0.2) is 22.6 Å². The molecule has 0 saturated heterocycles. The molecule has 0 aromatic heterocycles. The number of nitrogens with zero attached hydrogens (tertiary/aromatic N) is 1. The van der Waals surface area contributed by atoms with Crippen molar-refractivity contribution in [1.82, 2.24) is 5.32 Å². The number of benzene rings is 1. The number of nitrogens with one attached hydrogen (secondary N) is 1. The highest BCUT2D eigenvalue weighted by molar-refractivity contribution is 5.92. The fraction of sp³-hybridized carbons (Fsp3) is 0.412. The minimum atomic E-state index is -0.800. The summed E-state index contributed by atoms with van der Waals surface area (Å²) >= 11 is 0. The topological polar surface area (TPSA) is 82.3 Å². The summed E-state index contributed by atoms with van der Waals surface area (Å²) in [6.07, 6.45) is 1.93. The van der Waals surface area contributed by atoms with Crippen LogP contribution in [-0.2, 0) is 4.79 Å². The lowest BCUT2D eigenvalue weighted by atomic mass is 9.85. The van der Waals surface area contributed by atoms with Gasteiger partial charge in [0.1, 0.15) is 17.5 Å². The average Bonchev–Trinajstić information content (AvgIpc) is 2.88. The van der Waals surface area contributed by atoms with Gasteiger partial charge in [-0.05, 0) is 38.5 Å². The quantitative estimate of drug-likeness (QED) is 0.872. The summed E-state index contributed by atoms with van der Waals surface area (Å²) in [4.78, 5) is 11.4. The van der Waals surface area contributed by atoms with Crippen molar-refractivity contribution in [1.29, 1.82) is 5.26 Å². The molecule has 0 fully saturated rings. The van der Waals surface area contributed by atoms with Crippen molar-refractivity contribution in [3.8, 4) is 11.8 Å². The first-order chi connectivity index (χ1) is 10.4. The van der Waals surface area contributed by atoms with Crippen LogP contribution in [0.25, 0.3) is 0 Å². The molecule has 0 amide bonds. The Morgan fingerprint density at radius 2 is 2.18 bits per heavy atom. The van der Waals surface area contributed by atoms with E-state index in [9.17, 15) is 9.90 Å². The number of hydrogen-bond donors (Lipinski definition) is 2. The number of hydrogen-bond acceptors (Lipinski definition) is 5. The van der Waals surface area contributed by atoms with Gasteiger partial charge < -0.3 is 15.2 Å². The maximum absolute atomic E-state index is 11.4. The predicted octanol–water partition coefficient (Wildman–Crippen LogP) is 1.97. The molecule has 0 saturated carbocycles. The molecule has 3 rings (SSSR count). The van der Waals surface area contributed by atoms with Gasteiger partial charge in [-0.2, -0.15) is 5.26 Å². The number of ketones is 1. The normalized spacial score (nSPS) is 25.7. The maximum Gasteiger partial charge on any atom is 0.157 e. The molecule has 2 atom stereocenters. The third kappa shape index (κ3) is 2.46. The number of aliphatic hydroxyl groups is 1. The van der Waals surface area contributed by atoms with Gasteiger partial charge in [0, 0.05) is 23.8 Å². The van der Waals surface area contributed by atoms with Crippen LogP contribution in [0.2, 0.25) is 0 Å². The molecule has 0 unspecified atom stereocenters. The molecule has 2 N–H and O–H groups in total. The molecule has 5 nitrogen and oxygen atoms in total. The number of ether oxygens (including phenoxy) is 1. The van der Waals surface area contributed by atoms with Crippen molar-refractivity contribution in [2.75, 3.05) is 0 Å². The van der Waals surface area contributed by atoms with E-state index in [1.165, 1.54) is 0 Å². The van der Waals surface area contributed by atoms with Crippen LogP contribution in [0.1, 0.15) is 43.9 Å². The van der Waals surface area contributed by atoms with Crippen molar-refractivity contribution in [2.45, 2.75) is 44.4 Å². The lowest BCUT2D eigenvalue weighted by Crippen LogP contribution is -2.52. The third-order valence-corrected chi connectivity index (χ3v) is 4.19. The minimum Gasteiger partial charge on any atom is -0.485 e. The zero-order valence-electron chi connectivity index (χ0n) is 12.6. The fourth-order valence-electron chi connectivity index (χ4n) is 2.94. The number of rotatable bonds is 2. The van der Waals surface area contributed by atoms with Crippen molar-refractivity contribution < 1.29 is 14.6 Å². The summed E-state index contributed by atoms with van der Waals surface area (Å²) in [5.74, 6) is 0.742. The maximum atomic E-state index is 11.4. The smallest absolute Gasteiger partial charge is 0.157 e. The number of nitriles is 1. The molecule has 1 aliphatic heterocycles. The molecule has 1 aliphatic carbocycles. The van der Waals surface area contributed by atoms with E-state index in [4.69, 9.17) is 10.00 Å². The average molecular weight is 298 g/mol. The minimum absolute atomic E-state index is 0.0920. The number of carbonyl (C=O) groups is 1. The molecule has 0 spiro atoms. The second-order valence-electron chi connectivity index (χ2n) is 6.27. The number of carbonyl (C=O) groups excluding carboxylic acids is 1. The Morgan fingerprint density at radius 1 is 1.41 bits per heavy atom. The molecule has 1 aromatic carbocycles. The van der Waals surface area contributed by atoms with Gasteiger partial charge in [-0.25, -0.2) is 0 Å². The molecule has 22 heavy (non-hydrogen) atoms. The zero-order chi connectivity index (χ0) is 15.9. The van der Waals surface area contributed by atoms with Crippen molar-refractivity contribution in [3.05, 3.63) is 41.1 Å². The van der Waals surface area contributed by atoms with E-state index in [0.717, 1.165) is 11.3 Å². The second-order valence-corrected chi connectivity index (χ2v) is 6.27. The SMILES string of the molecule is CC1(C)Oc2ccc(C#N)cc2[C@H](NC2=CC(=O)CC2)[C@H]1O. The predicted molar refractivity (Wildman–Crippen MR) is 80.1 cm³/mol. The molecule has 5 heteroatoms. The van der Waals surface area contributed by atoms with E-state index in [0.29, 0.717) is 24.2 Å². The van der Waals surface area contributed by atoms with Crippen LogP contribution in [0, 0.1) is 11.3 Å². The first-order valence-electron chi connectivity index (χ1n) is 7.32. The highest BCUT2D eigenvalue weighted by atomic mass is 16.5. The first-order valence-corrected chi connectivity index (χ1v) is 7.32. The second kappa shape index (κ2) is 5.15. The van der Waals surface area contributed by atoms with E-state index in [-0.39, 0.29) is 5.78 Å². The van der Waals surface area contributed by atoms with Crippen LogP contribution in [0.4, 0.5) is 0 Å². The Kier molecular flexibility index (Phi) is 3.42. The van der Waals surface area contributed by atoms with Crippen LogP contribution in [0.5, 0.6) is 5.75 Å². The number of aliphatic hydroxyl groups excluding tert-OH is 1. The molecule has 114 valence electrons. The Bertz CT molecular complexity index is 700. The van der Waals surface area contributed by atoms with Gasteiger partial charge in [0.25, 0.3) is 0 Å². The van der Waals surface area contributed by atoms with Gasteiger partial charge in [0.15, 0.2) is 5.78 Å². The van der Waals surface area contributed by atoms with Crippen LogP contribution in [0.3, 0.4) is 0 Å². The third-order valence-electron chi connectivity index (χ3n) is 4.19. The van der Waals surface area contributed by atoms with Gasteiger partial charge in [-0.15, -0.1) is 0 Å². The van der Waals surface area contributed by atoms with E-state index in [1.807, 2.05) is 13.8 Å². The number of allylic oxidation sites excluding steroid dienone is 2. The van der Waals surface area contributed by atoms with Crippen LogP contribution < -0.4 is 10.1 Å². The summed E-state index contributed by atoms with van der Waals surface area (Å²) in [5.41, 5.74) is 1.31. The van der Waals surface area contributed by atoms with Crippen LogP contribution in [0.15, 0.2) is 30.0 Å². The van der Waals surface area contributed by atoms with Crippen molar-refractivity contribution in [2.24, 2.45) is 0 Å². The first kappa shape index (κ1) is 14.6. The molecular formula is C17H18N2O3. The van der Waals surface area contributed by atoms with Gasteiger partial charge in [-0.1, -0.05) is 0 Å². The Hall–Kier alpha value is -2.32. The summed E-state index contributed by atoms with van der Waals surface area (Å²) in [5, 5.41) is 23.0. The molecule has 2 aliphatic rings. The standard InChI is InChI=1S/C17H18N2O3/c1-17(2)16(21)15(19-11-4-5-12(20)8-11)13-7-10(9-18)3-6-14(13)22-17/h3,6-8,15-16,19,21H,4-5H2,1-2H3/t15-,16+/m0/s1. The molecule has 1 aromatic rings. The van der Waals surface area contributed by atoms with Gasteiger partial charge in [-0.3, -0.25) is 4.79 Å². The summed E-state index contributed by atoms with van der Waals surface area (Å²) < 4.78 is 5.86. The Morgan fingerprint density at radius 3 is 2.82 bits per heavy atom. The monoisotopic (exact) mass is 298 g/mol. The van der Waals surface area contributed by atoms with Gasteiger partial charge >= 0.3 is 0 Å².